The van der Waals surface area contributed by atoms with Gasteiger partial charge in [-0.05, 0) is 30.2 Å². The molecule has 2 heteroatoms. The molecule has 0 amide bonds. The van der Waals surface area contributed by atoms with Gasteiger partial charge in [0.05, 0.1) is 0 Å². The minimum Gasteiger partial charge on any atom is -0.235 e. The van der Waals surface area contributed by atoms with Crippen molar-refractivity contribution in [3.8, 4) is 0 Å². The zero-order valence-electron chi connectivity index (χ0n) is 15.2. The maximum Gasteiger partial charge on any atom is 0.171 e. The lowest BCUT2D eigenvalue weighted by Crippen LogP contribution is -2.31. The first-order valence-corrected chi connectivity index (χ1v) is 9.65. The van der Waals surface area contributed by atoms with Crippen molar-refractivity contribution in [1.82, 2.24) is 0 Å². The van der Waals surface area contributed by atoms with E-state index in [-0.39, 0.29) is 0 Å². The summed E-state index contributed by atoms with van der Waals surface area (Å²) in [4.78, 5) is 0. The van der Waals surface area contributed by atoms with Crippen molar-refractivity contribution in [2.75, 3.05) is 19.6 Å². The largest absolute Gasteiger partial charge is 0.235 e. The lowest BCUT2D eigenvalue weighted by atomic mass is 10.0. The highest BCUT2D eigenvalue weighted by Gasteiger charge is 2.22. The molecule has 0 saturated carbocycles. The average molecular weight is 332 g/mol. The maximum absolute atomic E-state index is 2.54. The van der Waals surface area contributed by atoms with Crippen LogP contribution in [0, 0.1) is 0 Å². The Balaban J connectivity index is 1.34. The summed E-state index contributed by atoms with van der Waals surface area (Å²) in [5.74, 6) is 0. The predicted octanol–water partition coefficient (Wildman–Crippen LogP) is 3.53. The van der Waals surface area contributed by atoms with Gasteiger partial charge in [0, 0.05) is 36.8 Å². The van der Waals surface area contributed by atoms with Gasteiger partial charge in [0.1, 0.15) is 25.7 Å². The standard InChI is InChI=1S/C23H28N2/c1-19(25-16-13-21-9-3-5-11-23(21)18-25)7-6-14-24-15-12-20-8-2-4-10-22(20)17-24/h2-5,8-11,17-19H,6-7,12-16H2,1H3/q+2. The molecule has 0 aliphatic carbocycles. The highest BCUT2D eigenvalue weighted by atomic mass is 15.0. The molecule has 1 atom stereocenters. The summed E-state index contributed by atoms with van der Waals surface area (Å²) in [5.41, 5.74) is 5.80. The molecule has 4 rings (SSSR count). The summed E-state index contributed by atoms with van der Waals surface area (Å²) in [7, 11) is 0. The van der Waals surface area contributed by atoms with Gasteiger partial charge in [-0.1, -0.05) is 36.4 Å². The molecule has 2 aliphatic rings. The Morgan fingerprint density at radius 3 is 2.24 bits per heavy atom. The van der Waals surface area contributed by atoms with Crippen LogP contribution in [0.1, 0.15) is 42.0 Å². The third-order valence-electron chi connectivity index (χ3n) is 5.68. The van der Waals surface area contributed by atoms with E-state index in [0.717, 1.165) is 13.1 Å². The van der Waals surface area contributed by atoms with Crippen LogP contribution in [0.5, 0.6) is 0 Å². The SMILES string of the molecule is CC(CCC[N+]1=Cc2ccccc2CC1)[N+]1=Cc2ccccc2CC1. The minimum atomic E-state index is 0.616. The monoisotopic (exact) mass is 332 g/mol. The topological polar surface area (TPSA) is 6.02 Å². The van der Waals surface area contributed by atoms with Crippen molar-refractivity contribution in [3.05, 3.63) is 70.8 Å². The molecule has 0 bridgehead atoms. The van der Waals surface area contributed by atoms with Gasteiger partial charge in [-0.25, -0.2) is 9.15 Å². The van der Waals surface area contributed by atoms with Crippen LogP contribution in [0.15, 0.2) is 48.5 Å². The van der Waals surface area contributed by atoms with Crippen molar-refractivity contribution in [1.29, 1.82) is 0 Å². The molecule has 2 aliphatic heterocycles. The van der Waals surface area contributed by atoms with E-state index in [0.29, 0.717) is 6.04 Å². The van der Waals surface area contributed by atoms with Crippen molar-refractivity contribution < 1.29 is 9.15 Å². The number of hydrogen-bond acceptors (Lipinski definition) is 0. The Labute approximate surface area is 151 Å². The van der Waals surface area contributed by atoms with E-state index in [2.05, 4.69) is 77.0 Å². The van der Waals surface area contributed by atoms with Crippen LogP contribution in [0.4, 0.5) is 0 Å². The lowest BCUT2D eigenvalue weighted by molar-refractivity contribution is -0.563. The Hall–Kier alpha value is -2.22. The highest BCUT2D eigenvalue weighted by molar-refractivity contribution is 5.79. The summed E-state index contributed by atoms with van der Waals surface area (Å²) < 4.78 is 5.04. The van der Waals surface area contributed by atoms with Crippen LogP contribution in [-0.2, 0) is 12.8 Å². The molecule has 1 unspecified atom stereocenters. The van der Waals surface area contributed by atoms with Crippen molar-refractivity contribution in [3.63, 3.8) is 0 Å². The Morgan fingerprint density at radius 1 is 0.840 bits per heavy atom. The van der Waals surface area contributed by atoms with Crippen molar-refractivity contribution in [2.45, 2.75) is 38.6 Å². The van der Waals surface area contributed by atoms with Crippen LogP contribution in [0.3, 0.4) is 0 Å². The van der Waals surface area contributed by atoms with Crippen molar-refractivity contribution in [2.24, 2.45) is 0 Å². The lowest BCUT2D eigenvalue weighted by Gasteiger charge is -2.17. The molecular weight excluding hydrogens is 304 g/mol. The third-order valence-corrected chi connectivity index (χ3v) is 5.68. The van der Waals surface area contributed by atoms with Crippen LogP contribution in [-0.4, -0.2) is 47.3 Å². The minimum absolute atomic E-state index is 0.616. The smallest absolute Gasteiger partial charge is 0.171 e. The second-order valence-electron chi connectivity index (χ2n) is 7.42. The molecule has 128 valence electrons. The highest BCUT2D eigenvalue weighted by Crippen LogP contribution is 2.15. The van der Waals surface area contributed by atoms with E-state index < -0.39 is 0 Å². The second kappa shape index (κ2) is 7.35. The molecule has 25 heavy (non-hydrogen) atoms. The summed E-state index contributed by atoms with van der Waals surface area (Å²) in [6, 6.07) is 18.2. The zero-order valence-corrected chi connectivity index (χ0v) is 15.2. The number of nitrogens with zero attached hydrogens (tertiary/aromatic N) is 2. The van der Waals surface area contributed by atoms with Crippen LogP contribution in [0.2, 0.25) is 0 Å². The number of rotatable bonds is 5. The Bertz CT molecular complexity index is 816. The summed E-state index contributed by atoms with van der Waals surface area (Å²) >= 11 is 0. The second-order valence-corrected chi connectivity index (χ2v) is 7.42. The first kappa shape index (κ1) is 16.3. The summed E-state index contributed by atoms with van der Waals surface area (Å²) in [6.07, 6.45) is 9.59. The van der Waals surface area contributed by atoms with E-state index >= 15 is 0 Å². The quantitative estimate of drug-likeness (QED) is 0.739. The fraction of sp³-hybridized carbons (Fsp3) is 0.391. The normalized spacial score (nSPS) is 17.2. The molecule has 0 fully saturated rings. The fourth-order valence-electron chi connectivity index (χ4n) is 4.07. The van der Waals surface area contributed by atoms with E-state index in [9.17, 15) is 0 Å². The number of fused-ring (bicyclic) bond motifs is 2. The molecule has 0 spiro atoms. The van der Waals surface area contributed by atoms with Gasteiger partial charge in [0.25, 0.3) is 0 Å². The average Bonchev–Trinajstić information content (AvgIpc) is 2.67. The zero-order chi connectivity index (χ0) is 17.1. The summed E-state index contributed by atoms with van der Waals surface area (Å²) in [6.45, 7) is 5.86. The van der Waals surface area contributed by atoms with E-state index in [4.69, 9.17) is 0 Å². The number of hydrogen-bond donors (Lipinski definition) is 0. The number of benzene rings is 2. The van der Waals surface area contributed by atoms with Crippen LogP contribution < -0.4 is 0 Å². The fourth-order valence-corrected chi connectivity index (χ4v) is 4.07. The Kier molecular flexibility index (Phi) is 4.78. The van der Waals surface area contributed by atoms with Gasteiger partial charge in [-0.15, -0.1) is 0 Å². The molecule has 2 aromatic rings. The first-order chi connectivity index (χ1) is 12.3. The van der Waals surface area contributed by atoms with Gasteiger partial charge >= 0.3 is 0 Å². The third kappa shape index (κ3) is 3.73. The molecule has 2 heterocycles. The molecule has 0 aromatic heterocycles. The predicted molar refractivity (Wildman–Crippen MR) is 104 cm³/mol. The van der Waals surface area contributed by atoms with E-state index in [1.165, 1.54) is 54.5 Å². The molecule has 0 saturated heterocycles. The Morgan fingerprint density at radius 2 is 1.48 bits per heavy atom. The van der Waals surface area contributed by atoms with E-state index in [1.807, 2.05) is 0 Å². The molecule has 0 N–H and O–H groups in total. The van der Waals surface area contributed by atoms with Gasteiger partial charge in [0.2, 0.25) is 0 Å². The maximum atomic E-state index is 2.54. The van der Waals surface area contributed by atoms with Gasteiger partial charge < -0.3 is 0 Å². The van der Waals surface area contributed by atoms with Gasteiger partial charge in [-0.2, -0.15) is 0 Å². The summed E-state index contributed by atoms with van der Waals surface area (Å²) in [5, 5.41) is 0. The first-order valence-electron chi connectivity index (χ1n) is 9.65. The molecule has 2 nitrogen and oxygen atoms in total. The van der Waals surface area contributed by atoms with Crippen molar-refractivity contribution >= 4 is 12.4 Å². The van der Waals surface area contributed by atoms with Crippen LogP contribution in [0.25, 0.3) is 0 Å². The van der Waals surface area contributed by atoms with Gasteiger partial charge in [-0.3, -0.25) is 0 Å². The molecule has 0 radical (unpaired) electrons. The van der Waals surface area contributed by atoms with Gasteiger partial charge in [0.15, 0.2) is 12.4 Å². The van der Waals surface area contributed by atoms with Crippen LogP contribution >= 0.6 is 0 Å². The molecule has 2 aromatic carbocycles. The molecular formula is C23H28N2+2. The van der Waals surface area contributed by atoms with E-state index in [1.54, 1.807) is 0 Å².